The average Bonchev–Trinajstić information content (AvgIpc) is 3.13. The fraction of sp³-hybridized carbons (Fsp3) is 0.929. The highest BCUT2D eigenvalue weighted by atomic mass is 16.2. The highest BCUT2D eigenvalue weighted by Crippen LogP contribution is 2.29. The molecule has 0 radical (unpaired) electrons. The summed E-state index contributed by atoms with van der Waals surface area (Å²) in [5.41, 5.74) is 0. The molecule has 2 aliphatic carbocycles. The fourth-order valence-electron chi connectivity index (χ4n) is 2.75. The third-order valence-electron chi connectivity index (χ3n) is 4.63. The number of hydrogen-bond donors (Lipinski definition) is 1. The van der Waals surface area contributed by atoms with Gasteiger partial charge in [-0.3, -0.25) is 4.79 Å². The summed E-state index contributed by atoms with van der Waals surface area (Å²) in [5.74, 6) is 1.90. The van der Waals surface area contributed by atoms with Crippen LogP contribution < -0.4 is 5.32 Å². The van der Waals surface area contributed by atoms with Gasteiger partial charge in [-0.05, 0) is 43.9 Å². The molecule has 0 aromatic heterocycles. The quantitative estimate of drug-likeness (QED) is 0.812. The van der Waals surface area contributed by atoms with E-state index in [1.165, 1.54) is 32.1 Å². The Bertz CT molecular complexity index is 275. The number of likely N-dealkylation sites (N-methyl/N-ethyl adjacent to an activating group) is 1. The van der Waals surface area contributed by atoms with Gasteiger partial charge >= 0.3 is 0 Å². The zero-order chi connectivity index (χ0) is 12.4. The highest BCUT2D eigenvalue weighted by Gasteiger charge is 2.30. The first kappa shape index (κ1) is 12.9. The van der Waals surface area contributed by atoms with Crippen molar-refractivity contribution >= 4 is 5.91 Å². The Morgan fingerprint density at radius 1 is 1.18 bits per heavy atom. The summed E-state index contributed by atoms with van der Waals surface area (Å²) in [6.07, 6.45) is 6.14. The fourth-order valence-corrected chi connectivity index (χ4v) is 2.75. The van der Waals surface area contributed by atoms with Crippen molar-refractivity contribution in [3.8, 4) is 0 Å². The summed E-state index contributed by atoms with van der Waals surface area (Å²) in [7, 11) is 1.94. The summed E-state index contributed by atoms with van der Waals surface area (Å²) < 4.78 is 0. The predicted octanol–water partition coefficient (Wildman–Crippen LogP) is 2.02. The van der Waals surface area contributed by atoms with Gasteiger partial charge in [0.05, 0.1) is 6.54 Å². The van der Waals surface area contributed by atoms with E-state index in [1.54, 1.807) is 0 Å². The lowest BCUT2D eigenvalue weighted by Crippen LogP contribution is -2.43. The Labute approximate surface area is 105 Å². The molecular weight excluding hydrogens is 212 g/mol. The van der Waals surface area contributed by atoms with Crippen LogP contribution in [-0.2, 0) is 4.79 Å². The minimum Gasteiger partial charge on any atom is -0.342 e. The van der Waals surface area contributed by atoms with E-state index in [9.17, 15) is 4.79 Å². The Kier molecular flexibility index (Phi) is 4.08. The van der Waals surface area contributed by atoms with Crippen molar-refractivity contribution in [2.75, 3.05) is 13.6 Å². The maximum atomic E-state index is 11.9. The van der Waals surface area contributed by atoms with Crippen LogP contribution in [-0.4, -0.2) is 36.5 Å². The van der Waals surface area contributed by atoms with Gasteiger partial charge in [-0.2, -0.15) is 0 Å². The Hall–Kier alpha value is -0.570. The lowest BCUT2D eigenvalue weighted by molar-refractivity contribution is -0.129. The summed E-state index contributed by atoms with van der Waals surface area (Å²) in [5, 5.41) is 3.44. The first-order chi connectivity index (χ1) is 8.08. The molecule has 1 N–H and O–H groups in total. The molecule has 3 nitrogen and oxygen atoms in total. The largest absolute Gasteiger partial charge is 0.342 e. The van der Waals surface area contributed by atoms with Crippen LogP contribution in [0, 0.1) is 11.8 Å². The molecule has 2 rings (SSSR count). The van der Waals surface area contributed by atoms with E-state index in [4.69, 9.17) is 0 Å². The number of nitrogens with one attached hydrogen (secondary N) is 1. The lowest BCUT2D eigenvalue weighted by atomic mass is 9.79. The van der Waals surface area contributed by atoms with Gasteiger partial charge in [0.2, 0.25) is 5.91 Å². The van der Waals surface area contributed by atoms with Crippen molar-refractivity contribution < 1.29 is 4.79 Å². The molecule has 2 saturated carbocycles. The summed E-state index contributed by atoms with van der Waals surface area (Å²) in [6.45, 7) is 5.20. The van der Waals surface area contributed by atoms with Crippen LogP contribution in [0.1, 0.15) is 46.0 Å². The Morgan fingerprint density at radius 3 is 2.47 bits per heavy atom. The van der Waals surface area contributed by atoms with Crippen LogP contribution in [0.4, 0.5) is 0 Å². The lowest BCUT2D eigenvalue weighted by Gasteiger charge is -2.32. The van der Waals surface area contributed by atoms with Gasteiger partial charge in [0.1, 0.15) is 0 Å². The molecule has 0 bridgehead atoms. The third-order valence-corrected chi connectivity index (χ3v) is 4.63. The van der Waals surface area contributed by atoms with Crippen LogP contribution in [0.2, 0.25) is 0 Å². The molecule has 0 heterocycles. The van der Waals surface area contributed by atoms with Crippen molar-refractivity contribution in [2.45, 2.75) is 58.0 Å². The molecule has 2 aliphatic rings. The van der Waals surface area contributed by atoms with Crippen LogP contribution in [0.25, 0.3) is 0 Å². The first-order valence-electron chi connectivity index (χ1n) is 7.07. The van der Waals surface area contributed by atoms with Gasteiger partial charge in [0, 0.05) is 19.1 Å². The molecule has 1 amide bonds. The number of carbonyl (C=O) groups is 1. The highest BCUT2D eigenvalue weighted by molar-refractivity contribution is 5.78. The van der Waals surface area contributed by atoms with E-state index >= 15 is 0 Å². The first-order valence-corrected chi connectivity index (χ1v) is 7.07. The average molecular weight is 238 g/mol. The molecule has 3 heteroatoms. The van der Waals surface area contributed by atoms with E-state index in [0.29, 0.717) is 18.6 Å². The standard InChI is InChI=1S/C14H26N2O/c1-10-4-5-12(8-11(10)2)15-9-14(17)16(3)13-6-7-13/h10-13,15H,4-9H2,1-3H3. The van der Waals surface area contributed by atoms with E-state index < -0.39 is 0 Å². The van der Waals surface area contributed by atoms with Crippen LogP contribution in [0.3, 0.4) is 0 Å². The van der Waals surface area contributed by atoms with Gasteiger partial charge in [-0.25, -0.2) is 0 Å². The maximum Gasteiger partial charge on any atom is 0.236 e. The van der Waals surface area contributed by atoms with Crippen molar-refractivity contribution in [2.24, 2.45) is 11.8 Å². The number of hydrogen-bond acceptors (Lipinski definition) is 2. The molecule has 0 aromatic rings. The molecule has 2 fully saturated rings. The molecule has 3 unspecified atom stereocenters. The molecule has 0 aliphatic heterocycles. The van der Waals surface area contributed by atoms with Crippen molar-refractivity contribution in [3.05, 3.63) is 0 Å². The van der Waals surface area contributed by atoms with E-state index in [0.717, 1.165) is 11.8 Å². The van der Waals surface area contributed by atoms with Crippen LogP contribution in [0.5, 0.6) is 0 Å². The van der Waals surface area contributed by atoms with E-state index in [1.807, 2.05) is 11.9 Å². The van der Waals surface area contributed by atoms with Crippen molar-refractivity contribution in [1.29, 1.82) is 0 Å². The topological polar surface area (TPSA) is 32.3 Å². The molecule has 0 saturated heterocycles. The zero-order valence-electron chi connectivity index (χ0n) is 11.4. The Balaban J connectivity index is 1.69. The normalized spacial score (nSPS) is 33.5. The van der Waals surface area contributed by atoms with Crippen LogP contribution >= 0.6 is 0 Å². The number of rotatable bonds is 4. The Morgan fingerprint density at radius 2 is 1.88 bits per heavy atom. The predicted molar refractivity (Wildman–Crippen MR) is 69.8 cm³/mol. The molecule has 0 aromatic carbocycles. The second-order valence-electron chi connectivity index (χ2n) is 6.08. The SMILES string of the molecule is CC1CCC(NCC(=O)N(C)C2CC2)CC1C. The number of amides is 1. The number of carbonyl (C=O) groups excluding carboxylic acids is 1. The minimum absolute atomic E-state index is 0.263. The van der Waals surface area contributed by atoms with Gasteiger partial charge in [0.15, 0.2) is 0 Å². The van der Waals surface area contributed by atoms with E-state index in [2.05, 4.69) is 19.2 Å². The molecular formula is C14H26N2O. The monoisotopic (exact) mass is 238 g/mol. The van der Waals surface area contributed by atoms with Gasteiger partial charge in [-0.15, -0.1) is 0 Å². The maximum absolute atomic E-state index is 11.9. The van der Waals surface area contributed by atoms with Gasteiger partial charge in [-0.1, -0.05) is 13.8 Å². The second kappa shape index (κ2) is 5.38. The van der Waals surface area contributed by atoms with E-state index in [-0.39, 0.29) is 5.91 Å². The van der Waals surface area contributed by atoms with Gasteiger partial charge < -0.3 is 10.2 Å². The summed E-state index contributed by atoms with van der Waals surface area (Å²) in [6, 6.07) is 1.09. The summed E-state index contributed by atoms with van der Waals surface area (Å²) >= 11 is 0. The third kappa shape index (κ3) is 3.44. The smallest absolute Gasteiger partial charge is 0.236 e. The minimum atomic E-state index is 0.263. The molecule has 0 spiro atoms. The van der Waals surface area contributed by atoms with Crippen molar-refractivity contribution in [3.63, 3.8) is 0 Å². The van der Waals surface area contributed by atoms with Crippen molar-refractivity contribution in [1.82, 2.24) is 10.2 Å². The van der Waals surface area contributed by atoms with Crippen LogP contribution in [0.15, 0.2) is 0 Å². The zero-order valence-corrected chi connectivity index (χ0v) is 11.4. The van der Waals surface area contributed by atoms with Gasteiger partial charge in [0.25, 0.3) is 0 Å². The number of nitrogens with zero attached hydrogens (tertiary/aromatic N) is 1. The molecule has 98 valence electrons. The molecule has 17 heavy (non-hydrogen) atoms. The molecule has 3 atom stereocenters. The second-order valence-corrected chi connectivity index (χ2v) is 6.08. The summed E-state index contributed by atoms with van der Waals surface area (Å²) in [4.78, 5) is 13.8.